The van der Waals surface area contributed by atoms with E-state index >= 15 is 4.39 Å². The number of para-hydroxylation sites is 1. The van der Waals surface area contributed by atoms with Gasteiger partial charge in [-0.2, -0.15) is 0 Å². The minimum absolute atomic E-state index is 0.0193. The number of rotatable bonds is 5. The second kappa shape index (κ2) is 7.68. The Labute approximate surface area is 206 Å². The molecule has 1 saturated heterocycles. The number of thiazole rings is 1. The van der Waals surface area contributed by atoms with Crippen LogP contribution in [0.4, 0.5) is 4.39 Å². The van der Waals surface area contributed by atoms with Gasteiger partial charge in [-0.15, -0.1) is 11.3 Å². The van der Waals surface area contributed by atoms with Gasteiger partial charge in [-0.05, 0) is 62.3 Å². The van der Waals surface area contributed by atoms with Crippen LogP contribution in [0, 0.1) is 17.7 Å². The molecule has 2 amide bonds. The maximum absolute atomic E-state index is 15.5. The summed E-state index contributed by atoms with van der Waals surface area (Å²) in [5.74, 6) is 0.669. The molecule has 0 N–H and O–H groups in total. The number of fused-ring (bicyclic) bond motifs is 1. The van der Waals surface area contributed by atoms with Crippen LogP contribution in [0.5, 0.6) is 0 Å². The molecule has 1 spiro atoms. The first kappa shape index (κ1) is 21.2. The highest BCUT2D eigenvalue weighted by atomic mass is 32.1. The van der Waals surface area contributed by atoms with Crippen molar-refractivity contribution in [3.63, 3.8) is 0 Å². The average molecular weight is 489 g/mol. The largest absolute Gasteiger partial charge is 0.342 e. The van der Waals surface area contributed by atoms with Crippen LogP contribution in [0.2, 0.25) is 0 Å². The fraction of sp³-hybridized carbons (Fsp3) is 0.407. The highest BCUT2D eigenvalue weighted by Gasteiger charge is 2.58. The number of likely N-dealkylation sites (tertiary alicyclic amines) is 1. The van der Waals surface area contributed by atoms with Crippen LogP contribution in [0.25, 0.3) is 20.8 Å². The molecule has 1 atom stereocenters. The number of aliphatic imine (C=N–C) groups is 1. The van der Waals surface area contributed by atoms with Crippen LogP contribution >= 0.6 is 11.3 Å². The van der Waals surface area contributed by atoms with Gasteiger partial charge in [0, 0.05) is 31.1 Å². The zero-order chi connectivity index (χ0) is 23.7. The number of benzene rings is 2. The van der Waals surface area contributed by atoms with Crippen LogP contribution < -0.4 is 0 Å². The molecule has 8 heteroatoms. The lowest BCUT2D eigenvalue weighted by Gasteiger charge is -2.24. The summed E-state index contributed by atoms with van der Waals surface area (Å²) in [7, 11) is 0. The number of carbonyl (C=O) groups excluding carboxylic acids is 2. The summed E-state index contributed by atoms with van der Waals surface area (Å²) >= 11 is 1.53. The summed E-state index contributed by atoms with van der Waals surface area (Å²) in [5, 5.41) is 0.767. The normalized spacial score (nSPS) is 22.9. The van der Waals surface area contributed by atoms with Crippen LogP contribution in [0.15, 0.2) is 47.5 Å². The van der Waals surface area contributed by atoms with Gasteiger partial charge >= 0.3 is 0 Å². The average Bonchev–Trinajstić information content (AvgIpc) is 3.75. The van der Waals surface area contributed by atoms with Gasteiger partial charge in [0.25, 0.3) is 5.91 Å². The summed E-state index contributed by atoms with van der Waals surface area (Å²) in [4.78, 5) is 38.8. The summed E-state index contributed by atoms with van der Waals surface area (Å²) in [6, 6.07) is 13.0. The molecule has 6 nitrogen and oxygen atoms in total. The molecule has 3 heterocycles. The molecule has 0 unspecified atom stereocenters. The Kier molecular flexibility index (Phi) is 4.65. The van der Waals surface area contributed by atoms with Gasteiger partial charge in [0.2, 0.25) is 5.91 Å². The van der Waals surface area contributed by atoms with Crippen molar-refractivity contribution in [3.05, 3.63) is 53.8 Å². The van der Waals surface area contributed by atoms with E-state index < -0.39 is 11.4 Å². The molecule has 2 aliphatic carbocycles. The number of carbonyl (C=O) groups is 2. The number of hydrogen-bond acceptors (Lipinski definition) is 5. The van der Waals surface area contributed by atoms with E-state index in [1.165, 1.54) is 17.4 Å². The van der Waals surface area contributed by atoms with Crippen LogP contribution in [-0.2, 0) is 9.59 Å². The number of halogens is 1. The zero-order valence-electron chi connectivity index (χ0n) is 19.2. The molecule has 4 aliphatic rings. The maximum atomic E-state index is 15.5. The molecule has 0 radical (unpaired) electrons. The van der Waals surface area contributed by atoms with Crippen LogP contribution in [-0.4, -0.2) is 57.6 Å². The molecular formula is C27H25FN4O2S. The Morgan fingerprint density at radius 3 is 2.71 bits per heavy atom. The predicted octanol–water partition coefficient (Wildman–Crippen LogP) is 4.48. The van der Waals surface area contributed by atoms with Crippen molar-refractivity contribution < 1.29 is 14.0 Å². The monoisotopic (exact) mass is 488 g/mol. The van der Waals surface area contributed by atoms with Crippen LogP contribution in [0.3, 0.4) is 0 Å². The fourth-order valence-corrected chi connectivity index (χ4v) is 6.29. The molecule has 2 aliphatic heterocycles. The van der Waals surface area contributed by atoms with E-state index in [2.05, 4.69) is 4.98 Å². The molecule has 0 bridgehead atoms. The Hall–Kier alpha value is -3.13. The van der Waals surface area contributed by atoms with E-state index in [0.29, 0.717) is 37.3 Å². The molecule has 3 fully saturated rings. The molecule has 1 aromatic heterocycles. The molecule has 2 saturated carbocycles. The second-order valence-electron chi connectivity index (χ2n) is 10.3. The van der Waals surface area contributed by atoms with Gasteiger partial charge in [0.15, 0.2) is 0 Å². The Balaban J connectivity index is 1.15. The predicted molar refractivity (Wildman–Crippen MR) is 133 cm³/mol. The maximum Gasteiger partial charge on any atom is 0.256 e. The minimum Gasteiger partial charge on any atom is -0.342 e. The number of nitrogens with zero attached hydrogens (tertiary/aromatic N) is 4. The molecular weight excluding hydrogens is 463 g/mol. The topological polar surface area (TPSA) is 65.9 Å². The first-order valence-corrected chi connectivity index (χ1v) is 13.2. The lowest BCUT2D eigenvalue weighted by atomic mass is 10.1. The van der Waals surface area contributed by atoms with Gasteiger partial charge in [-0.25, -0.2) is 9.37 Å². The standard InChI is InChI=1S/C27H25FN4O2S/c28-20-13-18(24-29-21-3-1-2-4-22(21)35-24)7-8-19(20)23-30-27(10-11-27)26(34)32(23)15-16-9-12-31(14-16)25(33)17-5-6-17/h1-4,7-8,13,16-17H,5-6,9-12,14-15H2/t16-/m1/s1. The SMILES string of the molecule is O=C(C1CC1)N1CC[C@@H](CN2C(=O)C3(CC3)N=C2c2ccc(-c3nc4ccccc4s3)cc2F)C1. The quantitative estimate of drug-likeness (QED) is 0.532. The van der Waals surface area contributed by atoms with Crippen molar-refractivity contribution in [2.75, 3.05) is 19.6 Å². The Morgan fingerprint density at radius 1 is 1.14 bits per heavy atom. The van der Waals surface area contributed by atoms with Gasteiger partial charge in [-0.1, -0.05) is 18.2 Å². The third-order valence-corrected chi connectivity index (χ3v) is 8.74. The lowest BCUT2D eigenvalue weighted by Crippen LogP contribution is -2.41. The van der Waals surface area contributed by atoms with Crippen molar-refractivity contribution in [2.45, 2.75) is 37.6 Å². The molecule has 2 aromatic carbocycles. The fourth-order valence-electron chi connectivity index (χ4n) is 5.33. The molecule has 35 heavy (non-hydrogen) atoms. The van der Waals surface area contributed by atoms with Gasteiger partial charge in [-0.3, -0.25) is 19.5 Å². The van der Waals surface area contributed by atoms with Gasteiger partial charge in [0.1, 0.15) is 22.2 Å². The molecule has 7 rings (SSSR count). The Bertz CT molecular complexity index is 1370. The van der Waals surface area contributed by atoms with Crippen molar-refractivity contribution in [3.8, 4) is 10.6 Å². The van der Waals surface area contributed by atoms with Gasteiger partial charge < -0.3 is 4.90 Å². The van der Waals surface area contributed by atoms with E-state index in [0.717, 1.165) is 46.6 Å². The second-order valence-corrected chi connectivity index (χ2v) is 11.3. The van der Waals surface area contributed by atoms with Gasteiger partial charge in [0.05, 0.1) is 15.8 Å². The van der Waals surface area contributed by atoms with Crippen LogP contribution in [0.1, 0.15) is 37.7 Å². The number of aromatic nitrogens is 1. The summed E-state index contributed by atoms with van der Waals surface area (Å²) in [6.07, 6.45) is 4.29. The lowest BCUT2D eigenvalue weighted by molar-refractivity contribution is -0.131. The highest BCUT2D eigenvalue weighted by molar-refractivity contribution is 7.21. The minimum atomic E-state index is -0.699. The van der Waals surface area contributed by atoms with Crippen molar-refractivity contribution in [1.29, 1.82) is 0 Å². The number of amides is 2. The van der Waals surface area contributed by atoms with Crippen molar-refractivity contribution in [2.24, 2.45) is 16.8 Å². The number of hydrogen-bond donors (Lipinski definition) is 0. The highest BCUT2D eigenvalue weighted by Crippen LogP contribution is 2.46. The first-order chi connectivity index (χ1) is 17.0. The molecule has 3 aromatic rings. The summed E-state index contributed by atoms with van der Waals surface area (Å²) in [6.45, 7) is 1.89. The third-order valence-electron chi connectivity index (χ3n) is 7.66. The van der Waals surface area contributed by atoms with Crippen molar-refractivity contribution in [1.82, 2.24) is 14.8 Å². The van der Waals surface area contributed by atoms with E-state index in [9.17, 15) is 9.59 Å². The molecule has 178 valence electrons. The van der Waals surface area contributed by atoms with E-state index in [1.54, 1.807) is 11.0 Å². The smallest absolute Gasteiger partial charge is 0.256 e. The van der Waals surface area contributed by atoms with Crippen molar-refractivity contribution >= 4 is 39.2 Å². The number of amidine groups is 1. The summed E-state index contributed by atoms with van der Waals surface area (Å²) < 4.78 is 16.6. The third kappa shape index (κ3) is 3.57. The van der Waals surface area contributed by atoms with E-state index in [1.807, 2.05) is 35.2 Å². The van der Waals surface area contributed by atoms with E-state index in [4.69, 9.17) is 4.99 Å². The first-order valence-electron chi connectivity index (χ1n) is 12.4. The zero-order valence-corrected chi connectivity index (χ0v) is 20.1. The summed E-state index contributed by atoms with van der Waals surface area (Å²) in [5.41, 5.74) is 1.27. The van der Waals surface area contributed by atoms with E-state index in [-0.39, 0.29) is 23.7 Å². The Morgan fingerprint density at radius 2 is 1.97 bits per heavy atom.